The fourth-order valence-corrected chi connectivity index (χ4v) is 11.9. The summed E-state index contributed by atoms with van der Waals surface area (Å²) in [6.45, 7) is 10.7. The summed E-state index contributed by atoms with van der Waals surface area (Å²) in [6.07, 6.45) is 6.93. The van der Waals surface area contributed by atoms with Gasteiger partial charge < -0.3 is 14.3 Å². The Kier molecular flexibility index (Phi) is 8.56. The summed E-state index contributed by atoms with van der Waals surface area (Å²) in [6, 6.07) is 25.1. The third kappa shape index (κ3) is 5.62. The SMILES string of the molecule is Cc1nn(C)c(C)c1NC(=O)c1cn(C2CCC(O[Si](c3ccccc3)(c3ccccc3)C(C)(C)C)CC2)c2ncccc2c1=O. The molecule has 6 rings (SSSR count). The molecule has 1 aliphatic carbocycles. The molecule has 0 unspecified atom stereocenters. The molecule has 0 aliphatic heterocycles. The van der Waals surface area contributed by atoms with Crippen molar-refractivity contribution in [2.75, 3.05) is 5.32 Å². The standard InChI is InChI=1S/C37H43N5O3Si/c1-25-33(26(2)41(6)40-25)39-36(44)32-24-42(35-31(34(32)43)18-13-23-38-35)27-19-21-28(22-20-27)45-46(37(3,4)5,29-14-9-7-10-15-29)30-16-11-8-12-17-30/h7-18,23-24,27-28H,19-22H2,1-6H3,(H,39,44). The molecule has 1 fully saturated rings. The average Bonchev–Trinajstić information content (AvgIpc) is 3.30. The second kappa shape index (κ2) is 12.5. The molecule has 238 valence electrons. The van der Waals surface area contributed by atoms with Gasteiger partial charge >= 0.3 is 0 Å². The minimum Gasteiger partial charge on any atom is -0.404 e. The molecule has 5 aromatic rings. The van der Waals surface area contributed by atoms with Crippen LogP contribution < -0.4 is 21.1 Å². The monoisotopic (exact) mass is 633 g/mol. The summed E-state index contributed by atoms with van der Waals surface area (Å²) in [5.41, 5.74) is 2.55. The molecule has 8 nitrogen and oxygen atoms in total. The lowest BCUT2D eigenvalue weighted by molar-refractivity contribution is 0.102. The lowest BCUT2D eigenvalue weighted by Crippen LogP contribution is -2.67. The number of hydrogen-bond acceptors (Lipinski definition) is 5. The molecule has 1 saturated carbocycles. The lowest BCUT2D eigenvalue weighted by atomic mass is 9.92. The predicted molar refractivity (Wildman–Crippen MR) is 187 cm³/mol. The number of benzene rings is 2. The largest absolute Gasteiger partial charge is 0.404 e. The molecule has 0 atom stereocenters. The number of fused-ring (bicyclic) bond motifs is 1. The second-order valence-electron chi connectivity index (χ2n) is 13.5. The quantitative estimate of drug-likeness (QED) is 0.220. The van der Waals surface area contributed by atoms with Crippen LogP contribution in [0.15, 0.2) is 90.0 Å². The van der Waals surface area contributed by atoms with Crippen LogP contribution in [0.2, 0.25) is 5.04 Å². The maximum Gasteiger partial charge on any atom is 0.261 e. The average molecular weight is 634 g/mol. The Hall–Kier alpha value is -4.34. The first-order valence-electron chi connectivity index (χ1n) is 16.1. The Bertz CT molecular complexity index is 1880. The number of carbonyl (C=O) groups excluding carboxylic acids is 1. The van der Waals surface area contributed by atoms with Gasteiger partial charge in [-0.05, 0) is 67.1 Å². The van der Waals surface area contributed by atoms with Crippen LogP contribution >= 0.6 is 0 Å². The molecule has 1 N–H and O–H groups in total. The van der Waals surface area contributed by atoms with Gasteiger partial charge in [0, 0.05) is 31.6 Å². The first-order chi connectivity index (χ1) is 22.0. The summed E-state index contributed by atoms with van der Waals surface area (Å²) >= 11 is 0. The van der Waals surface area contributed by atoms with E-state index < -0.39 is 14.2 Å². The summed E-state index contributed by atoms with van der Waals surface area (Å²) in [5.74, 6) is -0.438. The van der Waals surface area contributed by atoms with Crippen LogP contribution in [-0.4, -0.2) is 39.7 Å². The fraction of sp³-hybridized carbons (Fsp3) is 0.351. The summed E-state index contributed by atoms with van der Waals surface area (Å²) < 4.78 is 11.2. The molecule has 1 aliphatic rings. The third-order valence-electron chi connectivity index (χ3n) is 9.58. The van der Waals surface area contributed by atoms with Crippen molar-refractivity contribution < 1.29 is 9.22 Å². The highest BCUT2D eigenvalue weighted by Crippen LogP contribution is 2.40. The topological polar surface area (TPSA) is 91.0 Å². The number of aryl methyl sites for hydroxylation is 2. The van der Waals surface area contributed by atoms with Gasteiger partial charge in [0.2, 0.25) is 5.43 Å². The van der Waals surface area contributed by atoms with E-state index in [-0.39, 0.29) is 28.2 Å². The molecular weight excluding hydrogens is 591 g/mol. The van der Waals surface area contributed by atoms with Crippen molar-refractivity contribution in [3.8, 4) is 0 Å². The fourth-order valence-electron chi connectivity index (χ4n) is 7.14. The van der Waals surface area contributed by atoms with Gasteiger partial charge in [0.1, 0.15) is 11.2 Å². The maximum atomic E-state index is 13.6. The number of amides is 1. The van der Waals surface area contributed by atoms with Gasteiger partial charge in [-0.2, -0.15) is 5.10 Å². The zero-order valence-corrected chi connectivity index (χ0v) is 28.6. The van der Waals surface area contributed by atoms with Crippen molar-refractivity contribution >= 4 is 41.3 Å². The Labute approximate surface area is 271 Å². The number of pyridine rings is 2. The number of carbonyl (C=O) groups is 1. The Morgan fingerprint density at radius 3 is 2.07 bits per heavy atom. The lowest BCUT2D eigenvalue weighted by Gasteiger charge is -2.46. The first kappa shape index (κ1) is 31.6. The highest BCUT2D eigenvalue weighted by Gasteiger charge is 2.51. The van der Waals surface area contributed by atoms with Gasteiger partial charge in [0.15, 0.2) is 0 Å². The highest BCUT2D eigenvalue weighted by atomic mass is 28.4. The van der Waals surface area contributed by atoms with Crippen LogP contribution in [0.5, 0.6) is 0 Å². The second-order valence-corrected chi connectivity index (χ2v) is 17.7. The number of nitrogens with one attached hydrogen (secondary N) is 1. The van der Waals surface area contributed by atoms with Crippen molar-refractivity contribution in [2.24, 2.45) is 7.05 Å². The van der Waals surface area contributed by atoms with E-state index in [1.54, 1.807) is 29.2 Å². The van der Waals surface area contributed by atoms with E-state index in [1.807, 2.05) is 25.5 Å². The number of aromatic nitrogens is 4. The van der Waals surface area contributed by atoms with Crippen molar-refractivity contribution in [2.45, 2.75) is 77.5 Å². The predicted octanol–water partition coefficient (Wildman–Crippen LogP) is 6.06. The van der Waals surface area contributed by atoms with E-state index in [1.165, 1.54) is 10.4 Å². The Morgan fingerprint density at radius 2 is 1.52 bits per heavy atom. The van der Waals surface area contributed by atoms with E-state index >= 15 is 0 Å². The highest BCUT2D eigenvalue weighted by molar-refractivity contribution is 6.99. The van der Waals surface area contributed by atoms with Gasteiger partial charge in [-0.25, -0.2) is 4.98 Å². The third-order valence-corrected chi connectivity index (χ3v) is 14.7. The molecule has 3 heterocycles. The zero-order chi connectivity index (χ0) is 32.6. The molecule has 46 heavy (non-hydrogen) atoms. The molecular formula is C37H43N5O3Si. The zero-order valence-electron chi connectivity index (χ0n) is 27.6. The minimum absolute atomic E-state index is 0.0745. The molecule has 0 saturated heterocycles. The van der Waals surface area contributed by atoms with E-state index in [4.69, 9.17) is 4.43 Å². The van der Waals surface area contributed by atoms with Gasteiger partial charge in [0.25, 0.3) is 14.2 Å². The van der Waals surface area contributed by atoms with Crippen LogP contribution in [0.4, 0.5) is 5.69 Å². The Balaban J connectivity index is 1.31. The van der Waals surface area contributed by atoms with E-state index in [9.17, 15) is 9.59 Å². The van der Waals surface area contributed by atoms with Crippen molar-refractivity contribution in [1.29, 1.82) is 0 Å². The summed E-state index contributed by atoms with van der Waals surface area (Å²) in [5, 5.41) is 10.3. The van der Waals surface area contributed by atoms with Crippen LogP contribution in [0.25, 0.3) is 11.0 Å². The number of hydrogen-bond donors (Lipinski definition) is 1. The van der Waals surface area contributed by atoms with Crippen molar-refractivity contribution in [1.82, 2.24) is 19.3 Å². The first-order valence-corrected chi connectivity index (χ1v) is 18.0. The van der Waals surface area contributed by atoms with E-state index in [0.29, 0.717) is 22.4 Å². The smallest absolute Gasteiger partial charge is 0.261 e. The molecule has 0 bridgehead atoms. The van der Waals surface area contributed by atoms with Crippen molar-refractivity contribution in [3.05, 3.63) is 112 Å². The van der Waals surface area contributed by atoms with E-state index in [0.717, 1.165) is 31.4 Å². The van der Waals surface area contributed by atoms with Gasteiger partial charge in [-0.15, -0.1) is 0 Å². The van der Waals surface area contributed by atoms with Crippen LogP contribution in [0.1, 0.15) is 74.2 Å². The minimum atomic E-state index is -2.68. The van der Waals surface area contributed by atoms with E-state index in [2.05, 4.69) is 96.8 Å². The van der Waals surface area contributed by atoms with Crippen molar-refractivity contribution in [3.63, 3.8) is 0 Å². The molecule has 0 radical (unpaired) electrons. The van der Waals surface area contributed by atoms with Crippen LogP contribution in [0.3, 0.4) is 0 Å². The van der Waals surface area contributed by atoms with Crippen LogP contribution in [0, 0.1) is 13.8 Å². The molecule has 0 spiro atoms. The maximum absolute atomic E-state index is 13.6. The number of anilines is 1. The van der Waals surface area contributed by atoms with Gasteiger partial charge in [-0.1, -0.05) is 81.4 Å². The molecule has 3 aromatic heterocycles. The van der Waals surface area contributed by atoms with Gasteiger partial charge in [0.05, 0.1) is 22.5 Å². The van der Waals surface area contributed by atoms with Crippen LogP contribution in [-0.2, 0) is 11.5 Å². The molecule has 1 amide bonds. The number of nitrogens with zero attached hydrogens (tertiary/aromatic N) is 4. The number of rotatable bonds is 7. The normalized spacial score (nSPS) is 17.3. The van der Waals surface area contributed by atoms with Gasteiger partial charge in [-0.3, -0.25) is 14.3 Å². The molecule has 9 heteroatoms. The summed E-state index contributed by atoms with van der Waals surface area (Å²) in [4.78, 5) is 31.8. The summed E-state index contributed by atoms with van der Waals surface area (Å²) in [7, 11) is -0.844. The molecule has 2 aromatic carbocycles. The Morgan fingerprint density at radius 1 is 0.913 bits per heavy atom.